The smallest absolute Gasteiger partial charge is 0.323 e. The fraction of sp³-hybridized carbons (Fsp3) is 0.258. The molecule has 1 unspecified atom stereocenters. The number of piperazine rings is 1. The van der Waals surface area contributed by atoms with Crippen LogP contribution in [0.1, 0.15) is 45.7 Å². The Morgan fingerprint density at radius 2 is 1.45 bits per heavy atom. The molecule has 0 spiro atoms. The molecule has 1 atom stereocenters. The first-order chi connectivity index (χ1) is 21.0. The molecule has 230 valence electrons. The summed E-state index contributed by atoms with van der Waals surface area (Å²) in [5.74, 6) is -1.16. The minimum atomic E-state index is -2.12. The van der Waals surface area contributed by atoms with E-state index in [2.05, 4.69) is 34.7 Å². The lowest BCUT2D eigenvalue weighted by Crippen LogP contribution is -2.50. The number of ketones is 1. The molecule has 0 radical (unpaired) electrons. The maximum absolute atomic E-state index is 12.6. The van der Waals surface area contributed by atoms with Gasteiger partial charge >= 0.3 is 6.03 Å². The normalized spacial score (nSPS) is 14.0. The van der Waals surface area contributed by atoms with E-state index in [-0.39, 0.29) is 17.7 Å². The summed E-state index contributed by atoms with van der Waals surface area (Å²) in [5, 5.41) is 21.0. The van der Waals surface area contributed by atoms with Gasteiger partial charge in [0, 0.05) is 66.8 Å². The van der Waals surface area contributed by atoms with Gasteiger partial charge in [0.05, 0.1) is 0 Å². The molecule has 13 heteroatoms. The Bertz CT molecular complexity index is 1570. The summed E-state index contributed by atoms with van der Waals surface area (Å²) in [7, 11) is -2.12. The summed E-state index contributed by atoms with van der Waals surface area (Å²) in [6.07, 6.45) is 0. The lowest BCUT2D eigenvalue weighted by Gasteiger charge is -2.38. The summed E-state index contributed by atoms with van der Waals surface area (Å²) < 4.78 is 11.1. The molecule has 3 aromatic rings. The minimum Gasteiger partial charge on any atom is -0.354 e. The van der Waals surface area contributed by atoms with Crippen molar-refractivity contribution in [2.24, 2.45) is 5.14 Å². The highest BCUT2D eigenvalue weighted by molar-refractivity contribution is 7.98. The lowest BCUT2D eigenvalue weighted by molar-refractivity contribution is -0.117. The molecule has 0 aromatic heterocycles. The number of nitrogens with one attached hydrogen (secondary N) is 4. The van der Waals surface area contributed by atoms with Crippen LogP contribution in [0.5, 0.6) is 0 Å². The summed E-state index contributed by atoms with van der Waals surface area (Å²) in [6, 6.07) is 19.0. The number of nitrogens with two attached hydrogens (primary N) is 1. The third kappa shape index (κ3) is 8.43. The molecule has 4 rings (SSSR count). The maximum atomic E-state index is 12.6. The van der Waals surface area contributed by atoms with Crippen molar-refractivity contribution >= 4 is 51.0 Å². The van der Waals surface area contributed by atoms with E-state index in [1.165, 1.54) is 36.4 Å². The van der Waals surface area contributed by atoms with Gasteiger partial charge in [-0.2, -0.15) is 0 Å². The summed E-state index contributed by atoms with van der Waals surface area (Å²) >= 11 is 0. The molecule has 6 N–H and O–H groups in total. The van der Waals surface area contributed by atoms with Crippen molar-refractivity contribution in [3.05, 3.63) is 95.1 Å². The fourth-order valence-electron chi connectivity index (χ4n) is 4.66. The first-order valence-corrected chi connectivity index (χ1v) is 15.2. The molecule has 1 fully saturated rings. The van der Waals surface area contributed by atoms with E-state index >= 15 is 0 Å². The Morgan fingerprint density at radius 1 is 0.841 bits per heavy atom. The topological polar surface area (TPSA) is 178 Å². The van der Waals surface area contributed by atoms with Gasteiger partial charge in [0.1, 0.15) is 5.84 Å². The summed E-state index contributed by atoms with van der Waals surface area (Å²) in [5.41, 5.74) is 2.60. The van der Waals surface area contributed by atoms with Crippen LogP contribution < -0.4 is 21.1 Å². The van der Waals surface area contributed by atoms with Crippen LogP contribution in [0.4, 0.5) is 16.2 Å². The van der Waals surface area contributed by atoms with Gasteiger partial charge in [-0.3, -0.25) is 24.7 Å². The van der Waals surface area contributed by atoms with Crippen molar-refractivity contribution in [1.29, 1.82) is 5.41 Å². The van der Waals surface area contributed by atoms with E-state index in [4.69, 9.17) is 10.5 Å². The van der Waals surface area contributed by atoms with Gasteiger partial charge in [0.25, 0.3) is 11.0 Å². The van der Waals surface area contributed by atoms with E-state index in [0.29, 0.717) is 34.4 Å². The Hall–Kier alpha value is -4.72. The van der Waals surface area contributed by atoms with Gasteiger partial charge in [0.15, 0.2) is 11.0 Å². The second kappa shape index (κ2) is 14.6. The minimum absolute atomic E-state index is 0.0417. The number of Topliss-reactive ketones (excluding diaryl/α,β-unsaturated/α-hetero) is 1. The van der Waals surface area contributed by atoms with E-state index in [1.54, 1.807) is 30.3 Å². The average molecular weight is 618 g/mol. The fourth-order valence-corrected chi connectivity index (χ4v) is 5.02. The largest absolute Gasteiger partial charge is 0.354 e. The molecule has 3 amide bonds. The number of urea groups is 1. The first kappa shape index (κ1) is 32.2. The number of amidine groups is 1. The molecule has 3 aromatic carbocycles. The monoisotopic (exact) mass is 617 g/mol. The molecule has 1 aliphatic rings. The van der Waals surface area contributed by atoms with Crippen LogP contribution in [-0.4, -0.2) is 74.9 Å². The van der Waals surface area contributed by atoms with Crippen LogP contribution in [0.2, 0.25) is 0 Å². The van der Waals surface area contributed by atoms with Crippen molar-refractivity contribution in [1.82, 2.24) is 15.1 Å². The van der Waals surface area contributed by atoms with Gasteiger partial charge in [-0.05, 0) is 55.8 Å². The number of carbonyl (C=O) groups is 4. The van der Waals surface area contributed by atoms with Crippen LogP contribution in [-0.2, 0) is 22.3 Å². The second-order valence-corrected chi connectivity index (χ2v) is 11.5. The molecule has 0 saturated carbocycles. The van der Waals surface area contributed by atoms with E-state index < -0.39 is 33.8 Å². The number of carbonyl (C=O) groups excluding carboxylic acids is 4. The zero-order chi connectivity index (χ0) is 31.8. The molecule has 0 bridgehead atoms. The van der Waals surface area contributed by atoms with Crippen LogP contribution in [0.25, 0.3) is 0 Å². The number of amides is 3. The summed E-state index contributed by atoms with van der Waals surface area (Å²) in [6.45, 7) is 7.72. The van der Waals surface area contributed by atoms with Gasteiger partial charge in [-0.15, -0.1) is 0 Å². The molecule has 12 nitrogen and oxygen atoms in total. The predicted molar refractivity (Wildman–Crippen MR) is 170 cm³/mol. The second-order valence-electron chi connectivity index (χ2n) is 10.5. The van der Waals surface area contributed by atoms with Gasteiger partial charge in [-0.25, -0.2) is 14.1 Å². The number of benzene rings is 3. The van der Waals surface area contributed by atoms with Crippen molar-refractivity contribution in [3.8, 4) is 0 Å². The van der Waals surface area contributed by atoms with Gasteiger partial charge in [-0.1, -0.05) is 36.4 Å². The van der Waals surface area contributed by atoms with Gasteiger partial charge < -0.3 is 20.9 Å². The zero-order valence-electron chi connectivity index (χ0n) is 24.5. The Morgan fingerprint density at radius 3 is 2.07 bits per heavy atom. The SMILES string of the molecule is CC(C)N1CCN(C(=N)c2cccc(NC(=O)Nc3ccc(C(=O)C(=O)NCc4ccc(C(=O)S(N)=O)cc4)cc3)c2)CC1. The number of nitrogens with zero attached hydrogens (tertiary/aromatic N) is 2. The average Bonchev–Trinajstić information content (AvgIpc) is 3.03. The molecular formula is C31H35N7O5S. The van der Waals surface area contributed by atoms with Crippen molar-refractivity contribution in [3.63, 3.8) is 0 Å². The number of hydrogen-bond acceptors (Lipinski definition) is 7. The standard InChI is InChI=1S/C31H35N7O5S/c1-20(2)37-14-16-38(17-15-37)28(32)24-4-3-5-26(18-24)36-31(42)35-25-12-10-22(11-13-25)27(39)29(40)34-19-21-6-8-23(9-7-21)30(41)44(33)43/h3-13,18,20,32H,14-17,19,33H2,1-2H3,(H,34,40)(H2,35,36,42). The highest BCUT2D eigenvalue weighted by atomic mass is 32.2. The highest BCUT2D eigenvalue weighted by Crippen LogP contribution is 2.17. The summed E-state index contributed by atoms with van der Waals surface area (Å²) in [4.78, 5) is 53.7. The third-order valence-electron chi connectivity index (χ3n) is 7.19. The van der Waals surface area contributed by atoms with Crippen LogP contribution in [0, 0.1) is 5.41 Å². The first-order valence-electron chi connectivity index (χ1n) is 14.0. The molecule has 1 saturated heterocycles. The Labute approximate surface area is 258 Å². The van der Waals surface area contributed by atoms with Crippen LogP contribution in [0.3, 0.4) is 0 Å². The molecular weight excluding hydrogens is 582 g/mol. The van der Waals surface area contributed by atoms with Crippen molar-refractivity contribution in [2.45, 2.75) is 26.4 Å². The van der Waals surface area contributed by atoms with Crippen LogP contribution >= 0.6 is 0 Å². The van der Waals surface area contributed by atoms with Crippen molar-refractivity contribution in [2.75, 3.05) is 36.8 Å². The zero-order valence-corrected chi connectivity index (χ0v) is 25.3. The maximum Gasteiger partial charge on any atom is 0.323 e. The number of rotatable bonds is 9. The lowest BCUT2D eigenvalue weighted by atomic mass is 10.1. The Balaban J connectivity index is 1.26. The number of anilines is 2. The van der Waals surface area contributed by atoms with E-state index in [9.17, 15) is 23.4 Å². The molecule has 44 heavy (non-hydrogen) atoms. The molecule has 0 aliphatic carbocycles. The predicted octanol–water partition coefficient (Wildman–Crippen LogP) is 2.94. The molecule has 1 aliphatic heterocycles. The highest BCUT2D eigenvalue weighted by Gasteiger charge is 2.22. The third-order valence-corrected chi connectivity index (χ3v) is 7.79. The van der Waals surface area contributed by atoms with Crippen LogP contribution in [0.15, 0.2) is 72.8 Å². The Kier molecular flexibility index (Phi) is 10.7. The quantitative estimate of drug-likeness (QED) is 0.106. The van der Waals surface area contributed by atoms with E-state index in [1.807, 2.05) is 11.0 Å². The van der Waals surface area contributed by atoms with Gasteiger partial charge in [0.2, 0.25) is 5.78 Å². The molecule has 1 heterocycles. The van der Waals surface area contributed by atoms with Crippen molar-refractivity contribution < 1.29 is 23.4 Å². The van der Waals surface area contributed by atoms with E-state index in [0.717, 1.165) is 26.2 Å². The number of hydrogen-bond donors (Lipinski definition) is 5.